The lowest BCUT2D eigenvalue weighted by Crippen LogP contribution is -2.60. The third kappa shape index (κ3) is 7.44. The number of ketones is 1. The molecule has 3 aliphatic heterocycles. The lowest BCUT2D eigenvalue weighted by molar-refractivity contribution is -0.0849. The summed E-state index contributed by atoms with van der Waals surface area (Å²) in [4.78, 5) is 73.7. The van der Waals surface area contributed by atoms with Crippen LogP contribution in [-0.4, -0.2) is 90.8 Å². The molecule has 47 heavy (non-hydrogen) atoms. The second kappa shape index (κ2) is 13.1. The molecule has 3 aliphatic rings. The molecule has 20 nitrogen and oxygen atoms in total. The van der Waals surface area contributed by atoms with E-state index in [4.69, 9.17) is 29.5 Å². The van der Waals surface area contributed by atoms with Gasteiger partial charge in [0.2, 0.25) is 11.4 Å². The molecule has 3 heterocycles. The van der Waals surface area contributed by atoms with Crippen molar-refractivity contribution in [3.63, 3.8) is 0 Å². The molecule has 0 bridgehead atoms. The minimum Gasteiger partial charge on any atom is -0.453 e. The molecule has 0 aliphatic carbocycles. The van der Waals surface area contributed by atoms with Crippen LogP contribution in [0.5, 0.6) is 0 Å². The second-order valence-electron chi connectivity index (χ2n) is 9.86. The van der Waals surface area contributed by atoms with Crippen molar-refractivity contribution in [1.82, 2.24) is 10.2 Å². The first-order valence-electron chi connectivity index (χ1n) is 13.1. The van der Waals surface area contributed by atoms with Crippen LogP contribution in [0.25, 0.3) is 0 Å². The highest BCUT2D eigenvalue weighted by molar-refractivity contribution is 7.66. The number of Topliss-reactive ketones (excluding diaryl/α,β-unsaturated/α-hetero) is 1. The number of benzene rings is 2. The normalized spacial score (nSPS) is 27.9. The summed E-state index contributed by atoms with van der Waals surface area (Å²) in [6.45, 7) is -1.11. The number of carbonyl (C=O) groups excluding carboxylic acids is 2. The molecule has 2 aromatic rings. The Morgan fingerprint density at radius 2 is 1.57 bits per heavy atom. The van der Waals surface area contributed by atoms with Crippen LogP contribution < -0.4 is 11.1 Å². The Kier molecular flexibility index (Phi) is 9.69. The number of ether oxygens (including phenoxy) is 2. The van der Waals surface area contributed by atoms with Crippen molar-refractivity contribution in [2.75, 3.05) is 6.61 Å². The first kappa shape index (κ1) is 34.7. The molecular weight excluding hydrogens is 691 g/mol. The predicted molar refractivity (Wildman–Crippen MR) is 157 cm³/mol. The molecule has 0 spiro atoms. The summed E-state index contributed by atoms with van der Waals surface area (Å²) in [6.07, 6.45) is -4.65. The fourth-order valence-electron chi connectivity index (χ4n) is 4.85. The van der Waals surface area contributed by atoms with Gasteiger partial charge in [0.25, 0.3) is 0 Å². The number of nitrogens with zero attached hydrogens (tertiary/aromatic N) is 3. The first-order chi connectivity index (χ1) is 22.0. The molecule has 0 amide bonds. The Hall–Kier alpha value is -3.61. The van der Waals surface area contributed by atoms with E-state index < -0.39 is 72.0 Å². The second-order valence-corrected chi connectivity index (χ2v) is 14.3. The van der Waals surface area contributed by atoms with E-state index in [-0.39, 0.29) is 22.6 Å². The molecular formula is C24H26N5O15P3. The van der Waals surface area contributed by atoms with E-state index in [9.17, 15) is 38.2 Å². The number of aliphatic hydroxyl groups excluding tert-OH is 1. The van der Waals surface area contributed by atoms with E-state index in [2.05, 4.69) is 23.9 Å². The van der Waals surface area contributed by atoms with E-state index in [0.29, 0.717) is 0 Å². The van der Waals surface area contributed by atoms with E-state index in [1.165, 1.54) is 36.4 Å². The molecule has 23 heteroatoms. The van der Waals surface area contributed by atoms with Gasteiger partial charge in [0.15, 0.2) is 12.3 Å². The molecule has 7 atom stereocenters. The molecule has 0 radical (unpaired) electrons. The van der Waals surface area contributed by atoms with Crippen LogP contribution in [0.2, 0.25) is 0 Å². The number of hydrogen-bond acceptors (Lipinski definition) is 16. The highest BCUT2D eigenvalue weighted by Gasteiger charge is 2.60. The number of aliphatic imine (C=N–C) groups is 2. The lowest BCUT2D eigenvalue weighted by Gasteiger charge is -2.39. The molecule has 5 rings (SSSR count). The van der Waals surface area contributed by atoms with Gasteiger partial charge >= 0.3 is 29.4 Å². The van der Waals surface area contributed by atoms with Crippen molar-refractivity contribution in [3.05, 3.63) is 83.3 Å². The van der Waals surface area contributed by atoms with Gasteiger partial charge in [-0.2, -0.15) is 8.62 Å². The first-order valence-corrected chi connectivity index (χ1v) is 17.7. The lowest BCUT2D eigenvalue weighted by atomic mass is 9.92. The van der Waals surface area contributed by atoms with Crippen LogP contribution in [0.15, 0.2) is 82.2 Å². The summed E-state index contributed by atoms with van der Waals surface area (Å²) < 4.78 is 58.8. The number of rotatable bonds is 12. The fraction of sp³-hybridized carbons (Fsp3) is 0.250. The molecule has 0 aromatic heterocycles. The summed E-state index contributed by atoms with van der Waals surface area (Å²) in [7, 11) is -17.2. The minimum atomic E-state index is -5.87. The summed E-state index contributed by atoms with van der Waals surface area (Å²) in [5, 5.41) is 14.1. The maximum Gasteiger partial charge on any atom is 0.490 e. The standard InChI is InChI=1S/C24H26N5O15P3/c25-21-19-24(28-12-26-21,20(31)14-7-3-1-4-8-14)29(13-27-19)22-17(30)18(42-23(32)15-9-5-2-6-10-15)16(41-22)11-40-46(36,37)44-47(38,39)43-45(33,34)35/h1-10,12-13,16-18,22,30H,11,25H2,(H,26,28)(H,36,37)(H,38,39)(H2,33,34,35)/t16-,17-,18-,22?,24?/m1/s1. The largest absolute Gasteiger partial charge is 0.490 e. The topological polar surface area (TPSA) is 299 Å². The summed E-state index contributed by atoms with van der Waals surface area (Å²) in [5.41, 5.74) is 4.18. The van der Waals surface area contributed by atoms with Crippen molar-refractivity contribution in [1.29, 1.82) is 0 Å². The number of nitrogens with one attached hydrogen (secondary N) is 1. The highest BCUT2D eigenvalue weighted by atomic mass is 31.3. The third-order valence-electron chi connectivity index (χ3n) is 6.75. The number of phosphoric ester groups is 1. The molecule has 4 unspecified atom stereocenters. The summed E-state index contributed by atoms with van der Waals surface area (Å²) in [5.74, 6) is -1.69. The maximum atomic E-state index is 14.0. The van der Waals surface area contributed by atoms with Gasteiger partial charge in [-0.1, -0.05) is 48.5 Å². The van der Waals surface area contributed by atoms with Gasteiger partial charge in [0.05, 0.1) is 24.8 Å². The van der Waals surface area contributed by atoms with Crippen molar-refractivity contribution in [3.8, 4) is 0 Å². The van der Waals surface area contributed by atoms with Gasteiger partial charge in [-0.15, -0.1) is 0 Å². The van der Waals surface area contributed by atoms with E-state index >= 15 is 0 Å². The smallest absolute Gasteiger partial charge is 0.453 e. The zero-order valence-corrected chi connectivity index (χ0v) is 26.2. The summed E-state index contributed by atoms with van der Waals surface area (Å²) >= 11 is 0. The van der Waals surface area contributed by atoms with E-state index in [1.54, 1.807) is 24.3 Å². The van der Waals surface area contributed by atoms with Gasteiger partial charge in [0.1, 0.15) is 23.7 Å². The number of phosphoric acid groups is 3. The number of fused-ring (bicyclic) bond motifs is 1. The average Bonchev–Trinajstić information content (AvgIpc) is 3.53. The zero-order chi connectivity index (χ0) is 34.2. The Bertz CT molecular complexity index is 1770. The van der Waals surface area contributed by atoms with E-state index in [0.717, 1.165) is 17.6 Å². The van der Waals surface area contributed by atoms with Gasteiger partial charge in [-0.05, 0) is 12.1 Å². The number of carbonyl (C=O) groups is 2. The Morgan fingerprint density at radius 1 is 0.957 bits per heavy atom. The van der Waals surface area contributed by atoms with E-state index in [1.807, 2.05) is 0 Å². The van der Waals surface area contributed by atoms with Gasteiger partial charge in [-0.3, -0.25) is 14.2 Å². The Labute approximate surface area is 264 Å². The number of aliphatic hydroxyl groups is 1. The fourth-order valence-corrected chi connectivity index (χ4v) is 7.88. The minimum absolute atomic E-state index is 0.0363. The maximum absolute atomic E-state index is 14.0. The summed E-state index contributed by atoms with van der Waals surface area (Å²) in [6, 6.07) is 15.3. The van der Waals surface area contributed by atoms with Crippen molar-refractivity contribution >= 4 is 47.9 Å². The number of nitrogens with two attached hydrogens (primary N) is 1. The van der Waals surface area contributed by atoms with Gasteiger partial charge < -0.3 is 45.2 Å². The molecule has 1 fully saturated rings. The van der Waals surface area contributed by atoms with Crippen LogP contribution in [0.4, 0.5) is 0 Å². The molecule has 2 aromatic carbocycles. The van der Waals surface area contributed by atoms with Gasteiger partial charge in [0, 0.05) is 5.56 Å². The van der Waals surface area contributed by atoms with Crippen molar-refractivity contribution < 1.29 is 70.6 Å². The number of esters is 1. The SMILES string of the molecule is NC1=C2N=CN(C3O[C@H](COP(=O)(O)OP(=O)(O)OP(=O)(O)O)[C@@H](OC(=O)c4ccccc4)[C@H]3O)C2(C(=O)c2ccccc2)N=CN1. The third-order valence-corrected chi connectivity index (χ3v) is 10.6. The van der Waals surface area contributed by atoms with Crippen LogP contribution in [0, 0.1) is 0 Å². The van der Waals surface area contributed by atoms with Crippen molar-refractivity contribution in [2.45, 2.75) is 30.2 Å². The molecule has 0 saturated carbocycles. The van der Waals surface area contributed by atoms with Crippen LogP contribution in [0.1, 0.15) is 20.7 Å². The highest BCUT2D eigenvalue weighted by Crippen LogP contribution is 2.66. The monoisotopic (exact) mass is 717 g/mol. The molecule has 1 saturated heterocycles. The number of hydrogen-bond donors (Lipinski definition) is 7. The van der Waals surface area contributed by atoms with Gasteiger partial charge in [-0.25, -0.2) is 28.5 Å². The van der Waals surface area contributed by atoms with Crippen LogP contribution >= 0.6 is 23.5 Å². The molecule has 8 N–H and O–H groups in total. The zero-order valence-electron chi connectivity index (χ0n) is 23.5. The van der Waals surface area contributed by atoms with Crippen LogP contribution in [-0.2, 0) is 36.3 Å². The average molecular weight is 717 g/mol. The Morgan fingerprint density at radius 3 is 2.19 bits per heavy atom. The quantitative estimate of drug-likeness (QED) is 0.0883. The van der Waals surface area contributed by atoms with Crippen LogP contribution in [0.3, 0.4) is 0 Å². The van der Waals surface area contributed by atoms with Crippen molar-refractivity contribution in [2.24, 2.45) is 15.7 Å². The Balaban J connectivity index is 1.46. The predicted octanol–water partition coefficient (Wildman–Crippen LogP) is 0.323. The molecule has 252 valence electrons.